The van der Waals surface area contributed by atoms with Crippen molar-refractivity contribution in [3.05, 3.63) is 66.0 Å². The van der Waals surface area contributed by atoms with E-state index in [4.69, 9.17) is 14.7 Å². The zero-order chi connectivity index (χ0) is 20.9. The molecule has 1 fully saturated rings. The number of aryl methyl sites for hydroxylation is 1. The fraction of sp³-hybridized carbons (Fsp3) is 0.318. The monoisotopic (exact) mass is 409 g/mol. The molecule has 1 aromatic heterocycles. The summed E-state index contributed by atoms with van der Waals surface area (Å²) in [7, 11) is 0. The molecule has 1 atom stereocenters. The number of carboxylic acid groups (broad SMARTS) is 1. The van der Waals surface area contributed by atoms with Crippen LogP contribution in [-0.4, -0.2) is 57.5 Å². The van der Waals surface area contributed by atoms with E-state index in [1.165, 1.54) is 10.3 Å². The van der Waals surface area contributed by atoms with E-state index in [2.05, 4.69) is 22.0 Å². The number of hydrogen-bond acceptors (Lipinski definition) is 6. The number of aliphatic carboxylic acids is 1. The van der Waals surface area contributed by atoms with Crippen molar-refractivity contribution < 1.29 is 24.3 Å². The summed E-state index contributed by atoms with van der Waals surface area (Å²) in [6.45, 7) is 2.47. The minimum atomic E-state index is -1.65. The number of fused-ring (bicyclic) bond motifs is 1. The van der Waals surface area contributed by atoms with Crippen molar-refractivity contribution in [2.75, 3.05) is 19.7 Å². The van der Waals surface area contributed by atoms with Gasteiger partial charge >= 0.3 is 11.9 Å². The fourth-order valence-electron chi connectivity index (χ4n) is 3.65. The largest absolute Gasteiger partial charge is 0.473 e. The lowest BCUT2D eigenvalue weighted by molar-refractivity contribution is -0.164. The molecule has 0 amide bonds. The van der Waals surface area contributed by atoms with Gasteiger partial charge in [0, 0.05) is 13.1 Å². The van der Waals surface area contributed by atoms with Gasteiger partial charge in [-0.1, -0.05) is 42.5 Å². The van der Waals surface area contributed by atoms with Gasteiger partial charge in [-0.3, -0.25) is 4.90 Å². The first kappa shape index (κ1) is 20.1. The Balaban J connectivity index is 1.46. The predicted molar refractivity (Wildman–Crippen MR) is 109 cm³/mol. The third-order valence-corrected chi connectivity index (χ3v) is 5.12. The van der Waals surface area contributed by atoms with Crippen molar-refractivity contribution in [3.8, 4) is 0 Å². The number of hydrogen-bond donors (Lipinski definition) is 1. The van der Waals surface area contributed by atoms with E-state index in [-0.39, 0.29) is 6.10 Å². The Bertz CT molecular complexity index is 1030. The third-order valence-electron chi connectivity index (χ3n) is 5.12. The lowest BCUT2D eigenvalue weighted by Crippen LogP contribution is -2.43. The van der Waals surface area contributed by atoms with Crippen LogP contribution in [0.4, 0.5) is 0 Å². The number of imidazole rings is 1. The van der Waals surface area contributed by atoms with Crippen LogP contribution in [0.2, 0.25) is 0 Å². The van der Waals surface area contributed by atoms with E-state index in [1.807, 2.05) is 24.3 Å². The maximum Gasteiger partial charge on any atom is 0.441 e. The van der Waals surface area contributed by atoms with Crippen LogP contribution in [0.5, 0.6) is 0 Å². The maximum absolute atomic E-state index is 11.7. The van der Waals surface area contributed by atoms with Crippen LogP contribution in [0.3, 0.4) is 0 Å². The summed E-state index contributed by atoms with van der Waals surface area (Å²) in [5.74, 6) is -2.51. The number of aromatic nitrogens is 2. The molecule has 0 saturated carbocycles. The predicted octanol–water partition coefficient (Wildman–Crippen LogP) is 1.91. The van der Waals surface area contributed by atoms with Crippen molar-refractivity contribution in [1.29, 1.82) is 0 Å². The standard InChI is InChI=1S/C22H23N3O5/c26-21(27)22(28)30-25-19-9-5-4-8-18(19)23-20(25)15-24-12-13-29-17(14-24)11-10-16-6-2-1-3-7-16/h1-9,17H,10-15H2,(H,26,27)/t17-/m0/s1. The molecule has 2 aromatic carbocycles. The molecular formula is C22H23N3O5. The molecule has 1 aliphatic heterocycles. The zero-order valence-electron chi connectivity index (χ0n) is 16.4. The highest BCUT2D eigenvalue weighted by molar-refractivity contribution is 6.28. The topological polar surface area (TPSA) is 93.9 Å². The number of ether oxygens (including phenoxy) is 1. The highest BCUT2D eigenvalue weighted by Gasteiger charge is 2.25. The van der Waals surface area contributed by atoms with Gasteiger partial charge in [0.15, 0.2) is 5.82 Å². The van der Waals surface area contributed by atoms with Gasteiger partial charge in [0.05, 0.1) is 24.8 Å². The van der Waals surface area contributed by atoms with E-state index in [0.717, 1.165) is 25.9 Å². The fourth-order valence-corrected chi connectivity index (χ4v) is 3.65. The number of para-hydroxylation sites is 2. The number of carbonyl (C=O) groups excluding carboxylic acids is 1. The molecule has 1 N–H and O–H groups in total. The molecule has 156 valence electrons. The number of carboxylic acids is 1. The summed E-state index contributed by atoms with van der Waals surface area (Å²) in [5.41, 5.74) is 2.47. The minimum Gasteiger partial charge on any atom is -0.473 e. The van der Waals surface area contributed by atoms with Crippen LogP contribution >= 0.6 is 0 Å². The molecule has 1 saturated heterocycles. The SMILES string of the molecule is O=C(O)C(=O)On1c(CN2CCO[C@@H](CCc3ccccc3)C2)nc2ccccc21. The van der Waals surface area contributed by atoms with Gasteiger partial charge < -0.3 is 14.7 Å². The highest BCUT2D eigenvalue weighted by Crippen LogP contribution is 2.19. The Hall–Kier alpha value is -3.23. The average molecular weight is 409 g/mol. The summed E-state index contributed by atoms with van der Waals surface area (Å²) >= 11 is 0. The molecular weight excluding hydrogens is 386 g/mol. The molecule has 0 aliphatic carbocycles. The van der Waals surface area contributed by atoms with Crippen LogP contribution in [0, 0.1) is 0 Å². The summed E-state index contributed by atoms with van der Waals surface area (Å²) < 4.78 is 7.14. The molecule has 0 radical (unpaired) electrons. The molecule has 8 nitrogen and oxygen atoms in total. The lowest BCUT2D eigenvalue weighted by Gasteiger charge is -2.32. The zero-order valence-corrected chi connectivity index (χ0v) is 16.4. The van der Waals surface area contributed by atoms with Gasteiger partial charge in [-0.25, -0.2) is 14.6 Å². The Labute approximate surface area is 173 Å². The normalized spacial score (nSPS) is 17.1. The summed E-state index contributed by atoms with van der Waals surface area (Å²) in [4.78, 5) is 34.5. The van der Waals surface area contributed by atoms with E-state index in [1.54, 1.807) is 18.2 Å². The Morgan fingerprint density at radius 2 is 1.90 bits per heavy atom. The quantitative estimate of drug-likeness (QED) is 0.622. The van der Waals surface area contributed by atoms with Crippen molar-refractivity contribution in [1.82, 2.24) is 14.6 Å². The highest BCUT2D eigenvalue weighted by atomic mass is 16.7. The van der Waals surface area contributed by atoms with Gasteiger partial charge in [0.1, 0.15) is 5.52 Å². The van der Waals surface area contributed by atoms with Crippen LogP contribution in [0.15, 0.2) is 54.6 Å². The van der Waals surface area contributed by atoms with Crippen LogP contribution < -0.4 is 4.84 Å². The summed E-state index contributed by atoms with van der Waals surface area (Å²) in [6.07, 6.45) is 1.94. The van der Waals surface area contributed by atoms with Crippen molar-refractivity contribution >= 4 is 23.0 Å². The van der Waals surface area contributed by atoms with Crippen LogP contribution in [0.25, 0.3) is 11.0 Å². The van der Waals surface area contributed by atoms with Gasteiger partial charge in [-0.2, -0.15) is 4.73 Å². The van der Waals surface area contributed by atoms with E-state index in [9.17, 15) is 9.59 Å². The number of benzene rings is 2. The van der Waals surface area contributed by atoms with E-state index < -0.39 is 11.9 Å². The maximum atomic E-state index is 11.7. The van der Waals surface area contributed by atoms with Gasteiger partial charge in [-0.15, -0.1) is 0 Å². The first-order valence-electron chi connectivity index (χ1n) is 9.90. The first-order chi connectivity index (χ1) is 14.6. The minimum absolute atomic E-state index is 0.0957. The second-order valence-electron chi connectivity index (χ2n) is 7.25. The van der Waals surface area contributed by atoms with Crippen LogP contribution in [0.1, 0.15) is 17.8 Å². The summed E-state index contributed by atoms with van der Waals surface area (Å²) in [5, 5.41) is 8.92. The average Bonchev–Trinajstić information content (AvgIpc) is 3.10. The molecule has 1 aliphatic rings. The van der Waals surface area contributed by atoms with E-state index in [0.29, 0.717) is 30.0 Å². The molecule has 4 rings (SSSR count). The Morgan fingerprint density at radius 1 is 1.13 bits per heavy atom. The number of nitrogens with zero attached hydrogens (tertiary/aromatic N) is 3. The molecule has 3 aromatic rings. The Morgan fingerprint density at radius 3 is 2.70 bits per heavy atom. The Kier molecular flexibility index (Phi) is 6.06. The second kappa shape index (κ2) is 9.06. The van der Waals surface area contributed by atoms with E-state index >= 15 is 0 Å². The van der Waals surface area contributed by atoms with Crippen molar-refractivity contribution in [2.45, 2.75) is 25.5 Å². The van der Waals surface area contributed by atoms with Gasteiger partial charge in [0.2, 0.25) is 0 Å². The van der Waals surface area contributed by atoms with Crippen molar-refractivity contribution in [3.63, 3.8) is 0 Å². The van der Waals surface area contributed by atoms with Crippen LogP contribution in [-0.2, 0) is 27.3 Å². The molecule has 30 heavy (non-hydrogen) atoms. The molecule has 8 heteroatoms. The smallest absolute Gasteiger partial charge is 0.441 e. The number of rotatable bonds is 6. The number of carbonyl (C=O) groups is 2. The second-order valence-corrected chi connectivity index (χ2v) is 7.25. The van der Waals surface area contributed by atoms with Gasteiger partial charge in [-0.05, 0) is 30.5 Å². The van der Waals surface area contributed by atoms with Crippen molar-refractivity contribution in [2.24, 2.45) is 0 Å². The molecule has 0 bridgehead atoms. The molecule has 2 heterocycles. The lowest BCUT2D eigenvalue weighted by atomic mass is 10.1. The molecule has 0 spiro atoms. The molecule has 0 unspecified atom stereocenters. The number of morpholine rings is 1. The van der Waals surface area contributed by atoms with Gasteiger partial charge in [0.25, 0.3) is 0 Å². The first-order valence-corrected chi connectivity index (χ1v) is 9.90. The summed E-state index contributed by atoms with van der Waals surface area (Å²) in [6, 6.07) is 17.4. The third kappa shape index (κ3) is 4.67.